The molecule has 2 rings (SSSR count). The molecule has 0 radical (unpaired) electrons. The molecular formula is C24H31FN6O9. The lowest BCUT2D eigenvalue weighted by atomic mass is 10.1. The van der Waals surface area contributed by atoms with Crippen molar-refractivity contribution in [3.8, 4) is 5.69 Å². The van der Waals surface area contributed by atoms with Crippen LogP contribution in [0.5, 0.6) is 0 Å². The number of rotatable bonds is 17. The molecule has 2 aromatic rings. The van der Waals surface area contributed by atoms with Crippen LogP contribution in [0.2, 0.25) is 0 Å². The highest BCUT2D eigenvalue weighted by atomic mass is 19.1. The second-order valence-electron chi connectivity index (χ2n) is 8.72. The van der Waals surface area contributed by atoms with E-state index in [-0.39, 0.29) is 30.4 Å². The van der Waals surface area contributed by atoms with Gasteiger partial charge in [0, 0.05) is 18.5 Å². The first-order chi connectivity index (χ1) is 19.0. The van der Waals surface area contributed by atoms with Crippen molar-refractivity contribution in [1.82, 2.24) is 30.7 Å². The van der Waals surface area contributed by atoms with E-state index in [0.717, 1.165) is 0 Å². The number of hydrogen-bond donors (Lipinski definition) is 6. The maximum atomic E-state index is 12.4. The largest absolute Gasteiger partial charge is 0.481 e. The monoisotopic (exact) mass is 566 g/mol. The fraction of sp³-hybridized carbons (Fsp3) is 0.458. The van der Waals surface area contributed by atoms with Gasteiger partial charge < -0.3 is 26.0 Å². The number of urea groups is 1. The van der Waals surface area contributed by atoms with E-state index in [0.29, 0.717) is 36.2 Å². The number of aryl methyl sites for hydroxylation is 1. The predicted octanol–water partition coefficient (Wildman–Crippen LogP) is 1.24. The van der Waals surface area contributed by atoms with Gasteiger partial charge in [0.25, 0.3) is 5.91 Å². The van der Waals surface area contributed by atoms with Crippen LogP contribution in [0.3, 0.4) is 0 Å². The number of nitrogens with one attached hydrogen (secondary N) is 2. The van der Waals surface area contributed by atoms with Crippen molar-refractivity contribution in [2.24, 2.45) is 0 Å². The van der Waals surface area contributed by atoms with E-state index in [1.54, 1.807) is 30.5 Å². The van der Waals surface area contributed by atoms with Crippen LogP contribution in [0.1, 0.15) is 54.6 Å². The number of amides is 3. The lowest BCUT2D eigenvalue weighted by Crippen LogP contribution is -2.52. The summed E-state index contributed by atoms with van der Waals surface area (Å²) in [4.78, 5) is 58.0. The van der Waals surface area contributed by atoms with E-state index in [1.165, 1.54) is 4.68 Å². The van der Waals surface area contributed by atoms with Crippen molar-refractivity contribution in [3.05, 3.63) is 41.7 Å². The van der Waals surface area contributed by atoms with Gasteiger partial charge in [0.1, 0.15) is 6.04 Å². The molecule has 0 bridgehead atoms. The molecular weight excluding hydrogens is 535 g/mol. The number of nitrogens with zero attached hydrogens (tertiary/aromatic N) is 4. The Morgan fingerprint density at radius 1 is 0.975 bits per heavy atom. The van der Waals surface area contributed by atoms with E-state index in [1.807, 2.05) is 5.32 Å². The van der Waals surface area contributed by atoms with Gasteiger partial charge in [0.05, 0.1) is 24.3 Å². The summed E-state index contributed by atoms with van der Waals surface area (Å²) in [5, 5.41) is 49.5. The van der Waals surface area contributed by atoms with Gasteiger partial charge in [-0.25, -0.2) is 19.1 Å². The van der Waals surface area contributed by atoms with Crippen LogP contribution in [0.25, 0.3) is 5.69 Å². The Hall–Kier alpha value is -4.60. The molecule has 0 spiro atoms. The average Bonchev–Trinajstić information content (AvgIpc) is 3.39. The molecule has 3 amide bonds. The summed E-state index contributed by atoms with van der Waals surface area (Å²) in [6.07, 6.45) is 1.80. The number of hydrogen-bond acceptors (Lipinski definition) is 8. The summed E-state index contributed by atoms with van der Waals surface area (Å²) in [6, 6.07) is 1.78. The van der Waals surface area contributed by atoms with E-state index < -0.39 is 55.5 Å². The summed E-state index contributed by atoms with van der Waals surface area (Å²) < 4.78 is 13.8. The lowest BCUT2D eigenvalue weighted by Gasteiger charge is -2.24. The first kappa shape index (κ1) is 31.6. The number of aromatic nitrogens is 3. The highest BCUT2D eigenvalue weighted by molar-refractivity contribution is 5.94. The van der Waals surface area contributed by atoms with Crippen LogP contribution >= 0.6 is 0 Å². The first-order valence-corrected chi connectivity index (χ1v) is 12.3. The Kier molecular flexibility index (Phi) is 12.4. The molecule has 0 aliphatic carbocycles. The molecule has 0 aliphatic rings. The molecule has 2 unspecified atom stereocenters. The van der Waals surface area contributed by atoms with Gasteiger partial charge in [-0.15, -0.1) is 5.10 Å². The molecule has 218 valence electrons. The number of carbonyl (C=O) groups is 5. The average molecular weight is 567 g/mol. The summed E-state index contributed by atoms with van der Waals surface area (Å²) in [5.74, 6) is -4.78. The van der Waals surface area contributed by atoms with E-state index in [4.69, 9.17) is 10.2 Å². The molecule has 1 aromatic carbocycles. The quantitative estimate of drug-likeness (QED) is 0.0907. The van der Waals surface area contributed by atoms with Gasteiger partial charge in [0.2, 0.25) is 0 Å². The minimum absolute atomic E-state index is 0.0857. The minimum atomic E-state index is -1.88. The number of hydroxylamine groups is 2. The third-order valence-electron chi connectivity index (χ3n) is 5.72. The van der Waals surface area contributed by atoms with Gasteiger partial charge in [-0.2, -0.15) is 5.06 Å². The number of carbonyl (C=O) groups excluding carboxylic acids is 2. The maximum absolute atomic E-state index is 12.4. The second-order valence-corrected chi connectivity index (χ2v) is 8.72. The molecule has 0 saturated carbocycles. The standard InChI is InChI=1S/C24H31FN6O9/c25-12-3-4-16-14-30(29-28-16)17-8-6-15(7-9-17)21(34)26-13-2-1-5-18(22(35)36)27-24(39)31(40)19(23(37)38)10-11-20(32)33/h6-9,14,18-19,40H,1-5,10-13H2,(H,26,34)(H,27,39)(H,32,33)(H,35,36)(H,37,38). The number of carboxylic acid groups (broad SMARTS) is 3. The van der Waals surface area contributed by atoms with Crippen molar-refractivity contribution in [2.75, 3.05) is 13.2 Å². The SMILES string of the molecule is O=C(O)CCC(C(=O)O)N(O)C(=O)NC(CCCCNC(=O)c1ccc(-n2cc(CCCF)nn2)cc1)C(=O)O. The second kappa shape index (κ2) is 15.7. The Morgan fingerprint density at radius 2 is 1.68 bits per heavy atom. The lowest BCUT2D eigenvalue weighted by molar-refractivity contribution is -0.158. The Bertz CT molecular complexity index is 1170. The van der Waals surface area contributed by atoms with Crippen molar-refractivity contribution in [3.63, 3.8) is 0 Å². The highest BCUT2D eigenvalue weighted by Gasteiger charge is 2.31. The summed E-state index contributed by atoms with van der Waals surface area (Å²) in [7, 11) is 0. The van der Waals surface area contributed by atoms with Crippen molar-refractivity contribution in [1.29, 1.82) is 0 Å². The summed E-state index contributed by atoms with van der Waals surface area (Å²) in [6.45, 7) is -0.243. The van der Waals surface area contributed by atoms with Crippen LogP contribution in [0, 0.1) is 0 Å². The summed E-state index contributed by atoms with van der Waals surface area (Å²) in [5.41, 5.74) is 1.68. The van der Waals surface area contributed by atoms with Crippen LogP contribution in [-0.2, 0) is 20.8 Å². The van der Waals surface area contributed by atoms with Crippen LogP contribution in [0.4, 0.5) is 9.18 Å². The molecule has 1 aromatic heterocycles. The topological polar surface area (TPSA) is 224 Å². The molecule has 15 nitrogen and oxygen atoms in total. The number of unbranched alkanes of at least 4 members (excludes halogenated alkanes) is 1. The van der Waals surface area contributed by atoms with Crippen LogP contribution in [0.15, 0.2) is 30.5 Å². The fourth-order valence-electron chi connectivity index (χ4n) is 3.55. The number of benzene rings is 1. The zero-order valence-corrected chi connectivity index (χ0v) is 21.4. The van der Waals surface area contributed by atoms with Gasteiger partial charge in [-0.3, -0.25) is 19.2 Å². The van der Waals surface area contributed by atoms with Gasteiger partial charge >= 0.3 is 23.9 Å². The maximum Gasteiger partial charge on any atom is 0.342 e. The molecule has 40 heavy (non-hydrogen) atoms. The molecule has 2 atom stereocenters. The Morgan fingerprint density at radius 3 is 2.27 bits per heavy atom. The van der Waals surface area contributed by atoms with Gasteiger partial charge in [-0.1, -0.05) is 5.21 Å². The van der Waals surface area contributed by atoms with E-state index >= 15 is 0 Å². The van der Waals surface area contributed by atoms with Gasteiger partial charge in [0.15, 0.2) is 6.04 Å². The van der Waals surface area contributed by atoms with Crippen LogP contribution < -0.4 is 10.6 Å². The third kappa shape index (κ3) is 9.94. The molecule has 0 aliphatic heterocycles. The molecule has 1 heterocycles. The highest BCUT2D eigenvalue weighted by Crippen LogP contribution is 2.11. The van der Waals surface area contributed by atoms with E-state index in [9.17, 15) is 38.7 Å². The number of halogens is 1. The number of alkyl halides is 1. The Balaban J connectivity index is 1.79. The molecule has 0 fully saturated rings. The normalized spacial score (nSPS) is 12.2. The molecule has 6 N–H and O–H groups in total. The molecule has 0 saturated heterocycles. The Labute approximate surface area is 227 Å². The predicted molar refractivity (Wildman–Crippen MR) is 134 cm³/mol. The van der Waals surface area contributed by atoms with Crippen molar-refractivity contribution >= 4 is 29.8 Å². The van der Waals surface area contributed by atoms with Gasteiger partial charge in [-0.05, 0) is 62.8 Å². The van der Waals surface area contributed by atoms with Crippen molar-refractivity contribution < 1.29 is 48.9 Å². The number of carboxylic acids is 3. The van der Waals surface area contributed by atoms with E-state index in [2.05, 4.69) is 15.6 Å². The molecule has 16 heteroatoms. The zero-order valence-electron chi connectivity index (χ0n) is 21.4. The zero-order chi connectivity index (χ0) is 29.7. The van der Waals surface area contributed by atoms with Crippen LogP contribution in [-0.4, -0.2) is 95.7 Å². The van der Waals surface area contributed by atoms with Crippen molar-refractivity contribution in [2.45, 2.75) is 57.0 Å². The summed E-state index contributed by atoms with van der Waals surface area (Å²) >= 11 is 0. The fourth-order valence-corrected chi connectivity index (χ4v) is 3.55. The third-order valence-corrected chi connectivity index (χ3v) is 5.72. The minimum Gasteiger partial charge on any atom is -0.481 e. The first-order valence-electron chi connectivity index (χ1n) is 12.3. The number of aliphatic carboxylic acids is 3. The smallest absolute Gasteiger partial charge is 0.342 e.